The molecule has 86 valence electrons. The van der Waals surface area contributed by atoms with E-state index in [1.165, 1.54) is 6.92 Å². The van der Waals surface area contributed by atoms with Crippen LogP contribution in [0, 0.1) is 0 Å². The molecule has 1 amide bonds. The van der Waals surface area contributed by atoms with Gasteiger partial charge in [-0.25, -0.2) is 0 Å². The molecule has 15 heavy (non-hydrogen) atoms. The van der Waals surface area contributed by atoms with Crippen molar-refractivity contribution in [3.8, 4) is 0 Å². The minimum Gasteiger partial charge on any atom is -0.481 e. The van der Waals surface area contributed by atoms with E-state index < -0.39 is 12.0 Å². The molecule has 5 nitrogen and oxygen atoms in total. The molecule has 0 rings (SSSR count). The van der Waals surface area contributed by atoms with Gasteiger partial charge in [-0.05, 0) is 19.8 Å². The van der Waals surface area contributed by atoms with Gasteiger partial charge in [0.2, 0.25) is 5.91 Å². The predicted molar refractivity (Wildman–Crippen MR) is 54.4 cm³/mol. The second-order valence-corrected chi connectivity index (χ2v) is 3.41. The van der Waals surface area contributed by atoms with E-state index in [0.29, 0.717) is 12.8 Å². The van der Waals surface area contributed by atoms with Crippen LogP contribution in [0.4, 0.5) is 0 Å². The van der Waals surface area contributed by atoms with Crippen LogP contribution in [0.5, 0.6) is 0 Å². The normalized spacial score (nSPS) is 11.9. The Morgan fingerprint density at radius 3 is 2.27 bits per heavy atom. The topological polar surface area (TPSA) is 83.5 Å². The third-order valence-corrected chi connectivity index (χ3v) is 1.95. The number of ketones is 1. The molecule has 0 saturated heterocycles. The minimum atomic E-state index is -0.967. The largest absolute Gasteiger partial charge is 0.481 e. The summed E-state index contributed by atoms with van der Waals surface area (Å²) in [6.45, 7) is 3.21. The lowest BCUT2D eigenvalue weighted by Gasteiger charge is -2.14. The zero-order chi connectivity index (χ0) is 11.8. The monoisotopic (exact) mass is 215 g/mol. The van der Waals surface area contributed by atoms with E-state index >= 15 is 0 Å². The van der Waals surface area contributed by atoms with Gasteiger partial charge in [-0.1, -0.05) is 6.92 Å². The minimum absolute atomic E-state index is 0.114. The Bertz CT molecular complexity index is 250. The smallest absolute Gasteiger partial charge is 0.303 e. The molecule has 2 N–H and O–H groups in total. The van der Waals surface area contributed by atoms with Crippen molar-refractivity contribution < 1.29 is 19.5 Å². The van der Waals surface area contributed by atoms with Crippen molar-refractivity contribution in [2.45, 2.75) is 45.6 Å². The van der Waals surface area contributed by atoms with Crippen LogP contribution in [0.25, 0.3) is 0 Å². The van der Waals surface area contributed by atoms with Crippen molar-refractivity contribution in [3.05, 3.63) is 0 Å². The lowest BCUT2D eigenvalue weighted by atomic mass is 10.1. The van der Waals surface area contributed by atoms with Crippen LogP contribution in [0.3, 0.4) is 0 Å². The molecule has 0 spiro atoms. The lowest BCUT2D eigenvalue weighted by Crippen LogP contribution is -2.39. The van der Waals surface area contributed by atoms with Gasteiger partial charge in [0.05, 0.1) is 6.04 Å². The molecule has 0 unspecified atom stereocenters. The molecule has 0 aliphatic heterocycles. The number of hydrogen-bond donors (Lipinski definition) is 2. The van der Waals surface area contributed by atoms with E-state index in [2.05, 4.69) is 5.32 Å². The van der Waals surface area contributed by atoms with Gasteiger partial charge in [-0.3, -0.25) is 14.4 Å². The molecular formula is C10H17NO4. The first-order chi connectivity index (χ1) is 6.97. The summed E-state index contributed by atoms with van der Waals surface area (Å²) in [5.41, 5.74) is 0. The highest BCUT2D eigenvalue weighted by Gasteiger charge is 2.17. The van der Waals surface area contributed by atoms with E-state index in [1.54, 1.807) is 0 Å². The highest BCUT2D eigenvalue weighted by atomic mass is 16.4. The van der Waals surface area contributed by atoms with Gasteiger partial charge in [0, 0.05) is 12.8 Å². The third-order valence-electron chi connectivity index (χ3n) is 1.95. The first kappa shape index (κ1) is 13.6. The van der Waals surface area contributed by atoms with Crippen LogP contribution in [-0.4, -0.2) is 28.8 Å². The highest BCUT2D eigenvalue weighted by molar-refractivity contribution is 5.87. The zero-order valence-electron chi connectivity index (χ0n) is 9.08. The van der Waals surface area contributed by atoms with Crippen LogP contribution in [-0.2, 0) is 14.4 Å². The molecular weight excluding hydrogens is 198 g/mol. The summed E-state index contributed by atoms with van der Waals surface area (Å²) >= 11 is 0. The van der Waals surface area contributed by atoms with E-state index in [-0.39, 0.29) is 24.5 Å². The Hall–Kier alpha value is -1.39. The average molecular weight is 215 g/mol. The summed E-state index contributed by atoms with van der Waals surface area (Å²) in [6.07, 6.45) is 1.10. The van der Waals surface area contributed by atoms with Gasteiger partial charge in [-0.15, -0.1) is 0 Å². The molecule has 0 aliphatic rings. The number of hydrogen-bond acceptors (Lipinski definition) is 3. The van der Waals surface area contributed by atoms with Crippen LogP contribution in [0.15, 0.2) is 0 Å². The van der Waals surface area contributed by atoms with Gasteiger partial charge in [0.15, 0.2) is 5.78 Å². The van der Waals surface area contributed by atoms with Crippen LogP contribution >= 0.6 is 0 Å². The summed E-state index contributed by atoms with van der Waals surface area (Å²) in [4.78, 5) is 32.6. The van der Waals surface area contributed by atoms with E-state index in [4.69, 9.17) is 5.11 Å². The average Bonchev–Trinajstić information content (AvgIpc) is 2.11. The van der Waals surface area contributed by atoms with Crippen molar-refractivity contribution >= 4 is 17.7 Å². The van der Waals surface area contributed by atoms with Crippen LogP contribution in [0.1, 0.15) is 39.5 Å². The molecule has 0 heterocycles. The molecule has 0 aromatic heterocycles. The van der Waals surface area contributed by atoms with E-state index in [9.17, 15) is 14.4 Å². The Morgan fingerprint density at radius 2 is 1.87 bits per heavy atom. The second kappa shape index (κ2) is 6.98. The molecule has 0 aliphatic carbocycles. The fourth-order valence-electron chi connectivity index (χ4n) is 1.14. The summed E-state index contributed by atoms with van der Waals surface area (Å²) in [7, 11) is 0. The molecule has 0 saturated carbocycles. The van der Waals surface area contributed by atoms with Gasteiger partial charge in [0.1, 0.15) is 0 Å². The Morgan fingerprint density at radius 1 is 1.27 bits per heavy atom. The summed E-state index contributed by atoms with van der Waals surface area (Å²) in [6, 6.07) is -0.667. The Balaban J connectivity index is 4.10. The number of carbonyl (C=O) groups is 3. The third kappa shape index (κ3) is 6.65. The quantitative estimate of drug-likeness (QED) is 0.655. The zero-order valence-corrected chi connectivity index (χ0v) is 9.08. The fourth-order valence-corrected chi connectivity index (χ4v) is 1.14. The summed E-state index contributed by atoms with van der Waals surface area (Å²) in [5.74, 6) is -1.38. The van der Waals surface area contributed by atoms with Gasteiger partial charge >= 0.3 is 5.97 Å². The molecule has 0 radical (unpaired) electrons. The van der Waals surface area contributed by atoms with Crippen LogP contribution in [0.2, 0.25) is 0 Å². The first-order valence-corrected chi connectivity index (χ1v) is 4.99. The SMILES string of the molecule is CCCC(=O)N[C@@H](CCC(=O)O)C(C)=O. The maximum atomic E-state index is 11.2. The fraction of sp³-hybridized carbons (Fsp3) is 0.700. The number of carbonyl (C=O) groups excluding carboxylic acids is 2. The summed E-state index contributed by atoms with van der Waals surface area (Å²) in [5, 5.41) is 11.0. The number of rotatable bonds is 7. The van der Waals surface area contributed by atoms with Crippen molar-refractivity contribution in [2.24, 2.45) is 0 Å². The first-order valence-electron chi connectivity index (χ1n) is 4.99. The van der Waals surface area contributed by atoms with Gasteiger partial charge in [0.25, 0.3) is 0 Å². The standard InChI is InChI=1S/C10H17NO4/c1-3-4-9(13)11-8(7(2)12)5-6-10(14)15/h8H,3-6H2,1-2H3,(H,11,13)(H,14,15)/t8-/m0/s1. The molecule has 0 aromatic carbocycles. The Labute approximate surface area is 88.9 Å². The lowest BCUT2D eigenvalue weighted by molar-refractivity contribution is -0.137. The van der Waals surface area contributed by atoms with Crippen molar-refractivity contribution in [3.63, 3.8) is 0 Å². The number of aliphatic carboxylic acids is 1. The molecule has 0 aromatic rings. The molecule has 0 fully saturated rings. The number of carboxylic acids is 1. The molecule has 0 bridgehead atoms. The van der Waals surface area contributed by atoms with Crippen LogP contribution < -0.4 is 5.32 Å². The Kier molecular flexibility index (Phi) is 6.33. The number of carboxylic acid groups (broad SMARTS) is 1. The van der Waals surface area contributed by atoms with Crippen molar-refractivity contribution in [1.29, 1.82) is 0 Å². The second-order valence-electron chi connectivity index (χ2n) is 3.41. The van der Waals surface area contributed by atoms with E-state index in [0.717, 1.165) is 0 Å². The number of amides is 1. The maximum Gasteiger partial charge on any atom is 0.303 e. The summed E-state index contributed by atoms with van der Waals surface area (Å²) < 4.78 is 0. The van der Waals surface area contributed by atoms with Gasteiger partial charge in [-0.2, -0.15) is 0 Å². The van der Waals surface area contributed by atoms with Crippen molar-refractivity contribution in [1.82, 2.24) is 5.32 Å². The predicted octanol–water partition coefficient (Wildman–Crippen LogP) is 0.725. The maximum absolute atomic E-state index is 11.2. The number of nitrogens with one attached hydrogen (secondary N) is 1. The molecule has 1 atom stereocenters. The van der Waals surface area contributed by atoms with Gasteiger partial charge < -0.3 is 10.4 Å². The van der Waals surface area contributed by atoms with Crippen molar-refractivity contribution in [2.75, 3.05) is 0 Å². The number of Topliss-reactive ketones (excluding diaryl/α,β-unsaturated/α-hetero) is 1. The van der Waals surface area contributed by atoms with E-state index in [1.807, 2.05) is 6.92 Å². The highest BCUT2D eigenvalue weighted by Crippen LogP contribution is 2.00. The molecule has 5 heteroatoms.